The molecule has 0 saturated heterocycles. The molecule has 0 aliphatic rings. The first kappa shape index (κ1) is 10.2. The summed E-state index contributed by atoms with van der Waals surface area (Å²) in [5.74, 6) is 0.00292. The first-order valence-electron chi connectivity index (χ1n) is 4.07. The first-order valence-corrected chi connectivity index (χ1v) is 4.07. The van der Waals surface area contributed by atoms with Crippen molar-refractivity contribution >= 4 is 11.5 Å². The highest BCUT2D eigenvalue weighted by Gasteiger charge is 2.10. The summed E-state index contributed by atoms with van der Waals surface area (Å²) in [6.45, 7) is 1.68. The molecule has 5 heteroatoms. The van der Waals surface area contributed by atoms with E-state index in [-0.39, 0.29) is 17.9 Å². The minimum atomic E-state index is -0.432. The zero-order chi connectivity index (χ0) is 10.7. The van der Waals surface area contributed by atoms with Crippen LogP contribution in [0.4, 0.5) is 5.69 Å². The van der Waals surface area contributed by atoms with E-state index in [9.17, 15) is 10.1 Å². The van der Waals surface area contributed by atoms with E-state index in [1.54, 1.807) is 19.1 Å². The summed E-state index contributed by atoms with van der Waals surface area (Å²) in [7, 11) is 0. The predicted octanol–water partition coefficient (Wildman–Crippen LogP) is 1.38. The molecule has 74 valence electrons. The number of nitrogens with one attached hydrogen (secondary N) is 1. The summed E-state index contributed by atoms with van der Waals surface area (Å²) in [4.78, 5) is 10.1. The van der Waals surface area contributed by atoms with Crippen molar-refractivity contribution < 1.29 is 4.92 Å². The smallest absolute Gasteiger partial charge is 0.272 e. The van der Waals surface area contributed by atoms with Crippen LogP contribution in [-0.2, 0) is 6.42 Å². The molecule has 0 bridgehead atoms. The third kappa shape index (κ3) is 2.29. The topological polar surface area (TPSA) is 93.0 Å². The third-order valence-electron chi connectivity index (χ3n) is 1.86. The molecule has 0 amide bonds. The van der Waals surface area contributed by atoms with Gasteiger partial charge in [-0.15, -0.1) is 0 Å². The minimum Gasteiger partial charge on any atom is -0.387 e. The molecule has 0 spiro atoms. The maximum absolute atomic E-state index is 10.6. The standard InChI is InChI=1S/C9H11N3O2/c1-6-2-3-7(5-9(10)11)4-8(6)12(13)14/h2-4H,5H2,1H3,(H3,10,11). The van der Waals surface area contributed by atoms with Gasteiger partial charge in [-0.1, -0.05) is 12.1 Å². The van der Waals surface area contributed by atoms with Crippen molar-refractivity contribution in [1.82, 2.24) is 0 Å². The van der Waals surface area contributed by atoms with Crippen LogP contribution in [0.2, 0.25) is 0 Å². The zero-order valence-corrected chi connectivity index (χ0v) is 7.78. The molecule has 0 atom stereocenters. The number of hydrogen-bond donors (Lipinski definition) is 2. The van der Waals surface area contributed by atoms with Crippen molar-refractivity contribution in [3.63, 3.8) is 0 Å². The third-order valence-corrected chi connectivity index (χ3v) is 1.86. The summed E-state index contributed by atoms with van der Waals surface area (Å²) < 4.78 is 0. The summed E-state index contributed by atoms with van der Waals surface area (Å²) in [6.07, 6.45) is 0.251. The van der Waals surface area contributed by atoms with Gasteiger partial charge in [-0.05, 0) is 12.5 Å². The van der Waals surface area contributed by atoms with Gasteiger partial charge in [0.2, 0.25) is 0 Å². The number of rotatable bonds is 3. The summed E-state index contributed by atoms with van der Waals surface area (Å²) in [5.41, 5.74) is 6.58. The fraction of sp³-hybridized carbons (Fsp3) is 0.222. The Hall–Kier alpha value is -1.91. The van der Waals surface area contributed by atoms with E-state index in [0.29, 0.717) is 11.1 Å². The Balaban J connectivity index is 3.06. The second-order valence-corrected chi connectivity index (χ2v) is 3.08. The second kappa shape index (κ2) is 3.87. The zero-order valence-electron chi connectivity index (χ0n) is 7.78. The van der Waals surface area contributed by atoms with E-state index in [4.69, 9.17) is 11.1 Å². The lowest BCUT2D eigenvalue weighted by atomic mass is 10.1. The molecule has 14 heavy (non-hydrogen) atoms. The molecule has 3 N–H and O–H groups in total. The molecule has 0 saturated carbocycles. The molecule has 1 aromatic rings. The van der Waals surface area contributed by atoms with Crippen LogP contribution in [0.15, 0.2) is 18.2 Å². The molecule has 5 nitrogen and oxygen atoms in total. The molecule has 0 aliphatic heterocycles. The highest BCUT2D eigenvalue weighted by molar-refractivity contribution is 5.79. The van der Waals surface area contributed by atoms with Crippen molar-refractivity contribution in [2.45, 2.75) is 13.3 Å². The lowest BCUT2D eigenvalue weighted by Crippen LogP contribution is -2.12. The van der Waals surface area contributed by atoms with Gasteiger partial charge in [0.05, 0.1) is 10.8 Å². The highest BCUT2D eigenvalue weighted by Crippen LogP contribution is 2.19. The number of nitrogens with two attached hydrogens (primary N) is 1. The van der Waals surface area contributed by atoms with Crippen molar-refractivity contribution in [2.24, 2.45) is 5.73 Å². The fourth-order valence-electron chi connectivity index (χ4n) is 1.18. The van der Waals surface area contributed by atoms with Gasteiger partial charge in [-0.2, -0.15) is 0 Å². The number of nitrogens with zero attached hydrogens (tertiary/aromatic N) is 1. The highest BCUT2D eigenvalue weighted by atomic mass is 16.6. The maximum Gasteiger partial charge on any atom is 0.272 e. The second-order valence-electron chi connectivity index (χ2n) is 3.08. The number of aryl methyl sites for hydroxylation is 1. The lowest BCUT2D eigenvalue weighted by Gasteiger charge is -2.01. The molecule has 0 aliphatic carbocycles. The Morgan fingerprint density at radius 1 is 1.64 bits per heavy atom. The Kier molecular flexibility index (Phi) is 2.81. The Bertz CT molecular complexity index is 388. The predicted molar refractivity (Wildman–Crippen MR) is 53.5 cm³/mol. The van der Waals surface area contributed by atoms with Crippen LogP contribution in [-0.4, -0.2) is 10.8 Å². The molecule has 0 radical (unpaired) electrons. The van der Waals surface area contributed by atoms with Gasteiger partial charge >= 0.3 is 0 Å². The van der Waals surface area contributed by atoms with Gasteiger partial charge in [0.15, 0.2) is 0 Å². The van der Waals surface area contributed by atoms with Crippen LogP contribution in [0.25, 0.3) is 0 Å². The average molecular weight is 193 g/mol. The summed E-state index contributed by atoms with van der Waals surface area (Å²) in [6, 6.07) is 4.86. The molecule has 0 aromatic heterocycles. The molecule has 0 fully saturated rings. The van der Waals surface area contributed by atoms with Crippen LogP contribution in [0, 0.1) is 22.4 Å². The van der Waals surface area contributed by atoms with Crippen molar-refractivity contribution in [3.05, 3.63) is 39.4 Å². The van der Waals surface area contributed by atoms with E-state index in [1.807, 2.05) is 0 Å². The molecular formula is C9H11N3O2. The van der Waals surface area contributed by atoms with Crippen molar-refractivity contribution in [2.75, 3.05) is 0 Å². The van der Waals surface area contributed by atoms with E-state index in [1.165, 1.54) is 6.07 Å². The average Bonchev–Trinajstić information content (AvgIpc) is 2.07. The molecular weight excluding hydrogens is 182 g/mol. The fourth-order valence-corrected chi connectivity index (χ4v) is 1.18. The quantitative estimate of drug-likeness (QED) is 0.328. The Labute approximate surface area is 81.2 Å². The molecule has 0 heterocycles. The number of benzene rings is 1. The van der Waals surface area contributed by atoms with Gasteiger partial charge in [-0.25, -0.2) is 0 Å². The van der Waals surface area contributed by atoms with Crippen LogP contribution >= 0.6 is 0 Å². The van der Waals surface area contributed by atoms with Gasteiger partial charge in [0.25, 0.3) is 5.69 Å². The molecule has 1 rings (SSSR count). The monoisotopic (exact) mass is 193 g/mol. The van der Waals surface area contributed by atoms with Crippen molar-refractivity contribution in [1.29, 1.82) is 5.41 Å². The van der Waals surface area contributed by atoms with E-state index in [2.05, 4.69) is 0 Å². The Morgan fingerprint density at radius 3 is 2.79 bits per heavy atom. The SMILES string of the molecule is Cc1ccc(CC(=N)N)cc1[N+](=O)[O-]. The lowest BCUT2D eigenvalue weighted by molar-refractivity contribution is -0.385. The summed E-state index contributed by atoms with van der Waals surface area (Å²) >= 11 is 0. The van der Waals surface area contributed by atoms with Gasteiger partial charge < -0.3 is 5.73 Å². The van der Waals surface area contributed by atoms with E-state index < -0.39 is 4.92 Å². The maximum atomic E-state index is 10.6. The van der Waals surface area contributed by atoms with Gasteiger partial charge in [-0.3, -0.25) is 15.5 Å². The van der Waals surface area contributed by atoms with Crippen LogP contribution in [0.5, 0.6) is 0 Å². The number of hydrogen-bond acceptors (Lipinski definition) is 3. The number of nitro benzene ring substituents is 1. The van der Waals surface area contributed by atoms with E-state index >= 15 is 0 Å². The van der Waals surface area contributed by atoms with Crippen LogP contribution in [0.3, 0.4) is 0 Å². The van der Waals surface area contributed by atoms with E-state index in [0.717, 1.165) is 0 Å². The first-order chi connectivity index (χ1) is 6.50. The Morgan fingerprint density at radius 2 is 2.29 bits per heavy atom. The normalized spacial score (nSPS) is 9.79. The molecule has 1 aromatic carbocycles. The molecule has 0 unspecified atom stereocenters. The summed E-state index contributed by atoms with van der Waals surface area (Å²) in [5, 5.41) is 17.7. The number of nitro groups is 1. The number of amidine groups is 1. The van der Waals surface area contributed by atoms with Crippen LogP contribution < -0.4 is 5.73 Å². The van der Waals surface area contributed by atoms with Gasteiger partial charge in [0.1, 0.15) is 0 Å². The largest absolute Gasteiger partial charge is 0.387 e. The van der Waals surface area contributed by atoms with Crippen molar-refractivity contribution in [3.8, 4) is 0 Å². The minimum absolute atomic E-state index is 0.00292. The van der Waals surface area contributed by atoms with Crippen LogP contribution in [0.1, 0.15) is 11.1 Å². The van der Waals surface area contributed by atoms with Gasteiger partial charge in [0, 0.05) is 18.1 Å².